The largest absolute Gasteiger partial charge is 0.679 e. The maximum atomic E-state index is 8.93. The lowest BCUT2D eigenvalue weighted by Gasteiger charge is -2.28. The second-order valence-corrected chi connectivity index (χ2v) is 6.88. The van der Waals surface area contributed by atoms with Crippen molar-refractivity contribution in [3.8, 4) is 0 Å². The van der Waals surface area contributed by atoms with Crippen LogP contribution in [0.5, 0.6) is 0 Å². The van der Waals surface area contributed by atoms with Crippen molar-refractivity contribution in [2.24, 2.45) is 0 Å². The first-order valence-electron chi connectivity index (χ1n) is 7.26. The lowest BCUT2D eigenvalue weighted by molar-refractivity contribution is -0.0729. The Labute approximate surface area is 123 Å². The Hall–Kier alpha value is -0.0231. The lowest BCUT2D eigenvalue weighted by Crippen LogP contribution is -2.50. The Kier molecular flexibility index (Phi) is 10.7. The molecule has 0 atom stereocenters. The van der Waals surface area contributed by atoms with E-state index in [1.165, 1.54) is 0 Å². The van der Waals surface area contributed by atoms with E-state index in [9.17, 15) is 0 Å². The summed E-state index contributed by atoms with van der Waals surface area (Å²) in [5.41, 5.74) is -0.370. The van der Waals surface area contributed by atoms with Gasteiger partial charge in [0, 0.05) is 26.4 Å². The minimum Gasteiger partial charge on any atom is -0.396 e. The standard InChI is InChI=1S/C13H30O6Si/c1-6-16-20(17-7-2,18-8-3)19-12-11-15-13(4,5)9-10-14/h14H,6-12H2,1-5H3. The molecule has 6 nitrogen and oxygen atoms in total. The van der Waals surface area contributed by atoms with E-state index in [0.29, 0.717) is 39.5 Å². The molecule has 0 saturated carbocycles. The molecule has 0 bridgehead atoms. The van der Waals surface area contributed by atoms with Gasteiger partial charge in [-0.1, -0.05) is 0 Å². The molecule has 1 N–H and O–H groups in total. The SMILES string of the molecule is CCO[Si](OCC)(OCC)OCCOC(C)(C)CCO. The summed E-state index contributed by atoms with van der Waals surface area (Å²) in [6.07, 6.45) is 0.581. The van der Waals surface area contributed by atoms with Crippen LogP contribution in [0.2, 0.25) is 0 Å². The number of aliphatic hydroxyl groups excluding tert-OH is 1. The Morgan fingerprint density at radius 3 is 1.75 bits per heavy atom. The summed E-state index contributed by atoms with van der Waals surface area (Å²) in [4.78, 5) is 0. The van der Waals surface area contributed by atoms with Crippen LogP contribution in [-0.2, 0) is 22.4 Å². The van der Waals surface area contributed by atoms with E-state index in [1.807, 2.05) is 34.6 Å². The number of ether oxygens (including phenoxy) is 1. The van der Waals surface area contributed by atoms with Crippen LogP contribution in [0.25, 0.3) is 0 Å². The molecule has 0 aromatic rings. The lowest BCUT2D eigenvalue weighted by atomic mass is 10.1. The van der Waals surface area contributed by atoms with Gasteiger partial charge in [-0.25, -0.2) is 0 Å². The van der Waals surface area contributed by atoms with Gasteiger partial charge >= 0.3 is 9.05 Å². The van der Waals surface area contributed by atoms with Gasteiger partial charge in [0.25, 0.3) is 0 Å². The predicted molar refractivity (Wildman–Crippen MR) is 78.3 cm³/mol. The van der Waals surface area contributed by atoms with E-state index in [2.05, 4.69) is 0 Å². The van der Waals surface area contributed by atoms with Crippen LogP contribution in [0.4, 0.5) is 0 Å². The molecule has 0 heterocycles. The van der Waals surface area contributed by atoms with Crippen molar-refractivity contribution in [1.82, 2.24) is 0 Å². The molecule has 122 valence electrons. The Morgan fingerprint density at radius 2 is 1.35 bits per heavy atom. The summed E-state index contributed by atoms with van der Waals surface area (Å²) in [5.74, 6) is 0. The zero-order valence-electron chi connectivity index (χ0n) is 13.4. The van der Waals surface area contributed by atoms with E-state index >= 15 is 0 Å². The highest BCUT2D eigenvalue weighted by molar-refractivity contribution is 6.53. The minimum absolute atomic E-state index is 0.101. The molecule has 0 rings (SSSR count). The first-order valence-corrected chi connectivity index (χ1v) is 8.89. The maximum absolute atomic E-state index is 8.93. The third kappa shape index (κ3) is 8.31. The third-order valence-corrected chi connectivity index (χ3v) is 5.02. The summed E-state index contributed by atoms with van der Waals surface area (Å²) in [5, 5.41) is 8.93. The Balaban J connectivity index is 4.24. The highest BCUT2D eigenvalue weighted by Gasteiger charge is 2.44. The summed E-state index contributed by atoms with van der Waals surface area (Å²) in [7, 11) is -3.04. The fourth-order valence-electron chi connectivity index (χ4n) is 1.61. The summed E-state index contributed by atoms with van der Waals surface area (Å²) < 4.78 is 28.1. The van der Waals surface area contributed by atoms with Crippen molar-refractivity contribution < 1.29 is 27.5 Å². The molecular formula is C13H30O6Si. The van der Waals surface area contributed by atoms with E-state index in [1.54, 1.807) is 0 Å². The van der Waals surface area contributed by atoms with Gasteiger partial charge in [-0.05, 0) is 41.0 Å². The molecule has 0 fully saturated rings. The molecule has 0 amide bonds. The van der Waals surface area contributed by atoms with Gasteiger partial charge in [-0.3, -0.25) is 0 Å². The van der Waals surface area contributed by atoms with Crippen LogP contribution in [0.3, 0.4) is 0 Å². The molecule has 0 aliphatic heterocycles. The molecular weight excluding hydrogens is 280 g/mol. The molecule has 20 heavy (non-hydrogen) atoms. The van der Waals surface area contributed by atoms with Crippen LogP contribution in [-0.4, -0.2) is 59.4 Å². The topological polar surface area (TPSA) is 66.4 Å². The Bertz CT molecular complexity index is 220. The third-order valence-electron chi connectivity index (χ3n) is 2.53. The zero-order chi connectivity index (χ0) is 15.5. The quantitative estimate of drug-likeness (QED) is 0.413. The van der Waals surface area contributed by atoms with Crippen molar-refractivity contribution >= 4 is 9.05 Å². The zero-order valence-corrected chi connectivity index (χ0v) is 14.4. The van der Waals surface area contributed by atoms with E-state index in [4.69, 9.17) is 27.5 Å². The van der Waals surface area contributed by atoms with E-state index in [-0.39, 0.29) is 12.2 Å². The van der Waals surface area contributed by atoms with Crippen molar-refractivity contribution in [2.45, 2.75) is 46.6 Å². The highest BCUT2D eigenvalue weighted by Crippen LogP contribution is 2.15. The number of rotatable bonds is 13. The van der Waals surface area contributed by atoms with Gasteiger partial charge in [0.2, 0.25) is 0 Å². The van der Waals surface area contributed by atoms with Crippen LogP contribution in [0.15, 0.2) is 0 Å². The molecule has 0 saturated heterocycles. The summed E-state index contributed by atoms with van der Waals surface area (Å²) in [6, 6.07) is 0. The number of aliphatic hydroxyl groups is 1. The van der Waals surface area contributed by atoms with Gasteiger partial charge in [0.15, 0.2) is 0 Å². The van der Waals surface area contributed by atoms with Crippen LogP contribution in [0.1, 0.15) is 41.0 Å². The summed E-state index contributed by atoms with van der Waals surface area (Å²) in [6.45, 7) is 11.8. The van der Waals surface area contributed by atoms with Gasteiger partial charge < -0.3 is 27.5 Å². The normalized spacial score (nSPS) is 12.9. The predicted octanol–water partition coefficient (Wildman–Crippen LogP) is 1.73. The smallest absolute Gasteiger partial charge is 0.396 e. The van der Waals surface area contributed by atoms with E-state index in [0.717, 1.165) is 0 Å². The average molecular weight is 310 g/mol. The Morgan fingerprint density at radius 1 is 0.850 bits per heavy atom. The fraction of sp³-hybridized carbons (Fsp3) is 1.00. The van der Waals surface area contributed by atoms with E-state index < -0.39 is 9.05 Å². The van der Waals surface area contributed by atoms with Crippen LogP contribution in [0, 0.1) is 0 Å². The van der Waals surface area contributed by atoms with Crippen LogP contribution >= 0.6 is 0 Å². The van der Waals surface area contributed by atoms with Gasteiger partial charge in [0.1, 0.15) is 0 Å². The summed E-state index contributed by atoms with van der Waals surface area (Å²) >= 11 is 0. The molecule has 7 heteroatoms. The molecule has 0 unspecified atom stereocenters. The number of hydrogen-bond donors (Lipinski definition) is 1. The van der Waals surface area contributed by atoms with Crippen molar-refractivity contribution in [3.05, 3.63) is 0 Å². The molecule has 0 aliphatic carbocycles. The van der Waals surface area contributed by atoms with Gasteiger partial charge in [-0.15, -0.1) is 0 Å². The second-order valence-electron chi connectivity index (χ2n) is 4.73. The first-order chi connectivity index (χ1) is 9.45. The maximum Gasteiger partial charge on any atom is 0.679 e. The van der Waals surface area contributed by atoms with Crippen LogP contribution < -0.4 is 0 Å². The van der Waals surface area contributed by atoms with Crippen molar-refractivity contribution in [3.63, 3.8) is 0 Å². The fourth-order valence-corrected chi connectivity index (χ4v) is 3.50. The van der Waals surface area contributed by atoms with Gasteiger partial charge in [0.05, 0.1) is 18.8 Å². The van der Waals surface area contributed by atoms with Crippen molar-refractivity contribution in [2.75, 3.05) is 39.6 Å². The molecule has 0 spiro atoms. The molecule has 0 radical (unpaired) electrons. The highest BCUT2D eigenvalue weighted by atomic mass is 28.4. The minimum atomic E-state index is -3.04. The molecule has 0 aliphatic rings. The molecule has 0 aromatic heterocycles. The van der Waals surface area contributed by atoms with Gasteiger partial charge in [-0.2, -0.15) is 0 Å². The second kappa shape index (κ2) is 10.7. The number of hydrogen-bond acceptors (Lipinski definition) is 6. The first kappa shape index (κ1) is 20.0. The molecule has 0 aromatic carbocycles. The average Bonchev–Trinajstić information content (AvgIpc) is 2.36. The van der Waals surface area contributed by atoms with Crippen molar-refractivity contribution in [1.29, 1.82) is 0 Å². The monoisotopic (exact) mass is 310 g/mol.